The van der Waals surface area contributed by atoms with Crippen LogP contribution in [0.5, 0.6) is 40.2 Å². The van der Waals surface area contributed by atoms with Crippen molar-refractivity contribution >= 4 is 78.5 Å². The number of phenols is 1. The van der Waals surface area contributed by atoms with Crippen molar-refractivity contribution in [1.82, 2.24) is 35.1 Å². The standard InChI is InChI=1S/C28H27N3O2.C17H12N2O.C17H13NO3.C11H16N2.C10H8ClN.C7H5NO/c1-20-17-27(25-11-4-5-12-26(25)30-20)33-24-10-6-9-22(18-24)28(32)29-14-16-31-15-13-21-7-2-3-8-23(21)19-31;1-12-10-17(15-8-3-4-9-16(15)19-12)20-14-7-5-6-13(11-14)18-2;1-11-9-16(14-7-2-3-8-15(14)18-11)21-13-6-4-5-12(10-13)17(19)20;12-6-8-13-7-5-10-3-1-2-4-11(10)9-13;1-7-6-9(11)8-4-2-3-5-10(8)12-7;1-8-6-3-2-4-7(9)5-6/h2-12,17-18H,13-16,19H2,1H3,(H,29,32);3-11H,1H3;2-10H,1H3,(H,19,20);1-4H,5-9,12H2;2-6H,1H3;2-5,9H. The average Bonchev–Trinajstić information content (AvgIpc) is 0.874. The molecular weight excluding hydrogens is 1370 g/mol. The highest BCUT2D eigenvalue weighted by atomic mass is 35.5. The molecule has 18 heteroatoms. The van der Waals surface area contributed by atoms with Crippen molar-refractivity contribution in [1.29, 1.82) is 0 Å². The van der Waals surface area contributed by atoms with E-state index in [9.17, 15) is 9.59 Å². The maximum Gasteiger partial charge on any atom is 0.335 e. The summed E-state index contributed by atoms with van der Waals surface area (Å²) in [4.78, 5) is 53.0. The van der Waals surface area contributed by atoms with Crippen LogP contribution in [0.25, 0.3) is 53.3 Å². The number of rotatable bonds is 13. The Labute approximate surface area is 633 Å². The predicted molar refractivity (Wildman–Crippen MR) is 430 cm³/mol. The summed E-state index contributed by atoms with van der Waals surface area (Å²) < 4.78 is 18.0. The van der Waals surface area contributed by atoms with Gasteiger partial charge in [-0.2, -0.15) is 0 Å². The summed E-state index contributed by atoms with van der Waals surface area (Å²) in [6, 6.07) is 83.3. The molecule has 5 N–H and O–H groups in total. The number of phenolic OH excluding ortho intramolecular Hbond substituents is 1. The second-order valence-electron chi connectivity index (χ2n) is 25.6. The van der Waals surface area contributed by atoms with Crippen LogP contribution in [0.4, 0.5) is 11.4 Å². The van der Waals surface area contributed by atoms with Crippen LogP contribution in [0.15, 0.2) is 267 Å². The van der Waals surface area contributed by atoms with Crippen molar-refractivity contribution in [3.8, 4) is 40.2 Å². The summed E-state index contributed by atoms with van der Waals surface area (Å²) in [5.74, 6) is 3.02. The lowest BCUT2D eigenvalue weighted by Crippen LogP contribution is -2.37. The number of nitrogens with two attached hydrogens (primary N) is 1. The molecule has 14 aromatic rings. The Hall–Kier alpha value is -12.9. The number of halogens is 1. The number of hydrogen-bond donors (Lipinski definition) is 4. The monoisotopic (exact) mass is 1450 g/mol. The van der Waals surface area contributed by atoms with E-state index in [2.05, 4.69) is 93.3 Å². The number of hydrogen-bond acceptors (Lipinski definition) is 13. The van der Waals surface area contributed by atoms with Crippen molar-refractivity contribution in [3.05, 3.63) is 351 Å². The third-order valence-corrected chi connectivity index (χ3v) is 17.9. The molecule has 0 atom stereocenters. The van der Waals surface area contributed by atoms with Gasteiger partial charge in [0, 0.05) is 120 Å². The number of para-hydroxylation sites is 4. The number of aromatic nitrogens is 4. The van der Waals surface area contributed by atoms with Crippen LogP contribution in [-0.4, -0.2) is 91.1 Å². The number of carboxylic acid groups (broad SMARTS) is 1. The number of pyridine rings is 4. The van der Waals surface area contributed by atoms with Gasteiger partial charge in [0.15, 0.2) is 11.4 Å². The average molecular weight is 1450 g/mol. The lowest BCUT2D eigenvalue weighted by molar-refractivity contribution is 0.0696. The van der Waals surface area contributed by atoms with Gasteiger partial charge in [0.05, 0.1) is 45.8 Å². The Kier molecular flexibility index (Phi) is 26.6. The number of aromatic carboxylic acids is 1. The SMILES string of the molecule is Cc1cc(Cl)c2ccccc2n1.Cc1cc(Oc2cccc(C(=O)NCCN3CCc4ccccc4C3)c2)c2ccccc2n1.Cc1cc(Oc2cccc(C(=O)O)c2)c2ccccc2n1.NCCN1CCc2ccccc2C1.[C-]#[N+]c1cccc(O)c1.[C-]#[N+]c1cccc(Oc2cc(C)nc3ccccc23)c1. The third kappa shape index (κ3) is 21.4. The zero-order valence-corrected chi connectivity index (χ0v) is 61.2. The highest BCUT2D eigenvalue weighted by molar-refractivity contribution is 6.35. The molecule has 540 valence electrons. The number of carbonyl (C=O) groups is 2. The molecule has 0 spiro atoms. The van der Waals surface area contributed by atoms with Gasteiger partial charge in [0.2, 0.25) is 0 Å². The molecule has 0 fully saturated rings. The quantitative estimate of drug-likeness (QED) is 0.0793. The Morgan fingerprint density at radius 2 is 0.833 bits per heavy atom. The van der Waals surface area contributed by atoms with E-state index < -0.39 is 5.97 Å². The molecule has 2 aliphatic rings. The topological polar surface area (TPSA) is 207 Å². The van der Waals surface area contributed by atoms with Gasteiger partial charge in [-0.15, -0.1) is 0 Å². The molecule has 108 heavy (non-hydrogen) atoms. The van der Waals surface area contributed by atoms with E-state index >= 15 is 0 Å². The summed E-state index contributed by atoms with van der Waals surface area (Å²) in [6.45, 7) is 28.8. The van der Waals surface area contributed by atoms with Crippen LogP contribution in [-0.2, 0) is 25.9 Å². The molecule has 4 aromatic heterocycles. The molecule has 0 saturated heterocycles. The maximum absolute atomic E-state index is 12.8. The summed E-state index contributed by atoms with van der Waals surface area (Å²) >= 11 is 6.02. The van der Waals surface area contributed by atoms with Crippen LogP contribution in [0.2, 0.25) is 5.02 Å². The molecule has 0 aliphatic carbocycles. The van der Waals surface area contributed by atoms with Gasteiger partial charge in [0.25, 0.3) is 5.91 Å². The molecule has 2 aliphatic heterocycles. The molecule has 0 unspecified atom stereocenters. The zero-order chi connectivity index (χ0) is 75.7. The first-order valence-corrected chi connectivity index (χ1v) is 35.7. The summed E-state index contributed by atoms with van der Waals surface area (Å²) in [6.07, 6.45) is 2.24. The number of carbonyl (C=O) groups excluding carboxylic acids is 1. The zero-order valence-electron chi connectivity index (χ0n) is 60.4. The van der Waals surface area contributed by atoms with Crippen molar-refractivity contribution in [3.63, 3.8) is 0 Å². The first-order chi connectivity index (χ1) is 52.5. The van der Waals surface area contributed by atoms with Crippen LogP contribution >= 0.6 is 11.6 Å². The summed E-state index contributed by atoms with van der Waals surface area (Å²) in [5.41, 5.74) is 20.4. The van der Waals surface area contributed by atoms with Gasteiger partial charge in [-0.25, -0.2) is 14.5 Å². The maximum atomic E-state index is 12.8. The van der Waals surface area contributed by atoms with Crippen LogP contribution in [0.3, 0.4) is 0 Å². The minimum atomic E-state index is -0.976. The van der Waals surface area contributed by atoms with E-state index in [1.54, 1.807) is 42.5 Å². The third-order valence-electron chi connectivity index (χ3n) is 17.6. The Bertz CT molecular complexity index is 5570. The Balaban J connectivity index is 0.000000136. The lowest BCUT2D eigenvalue weighted by atomic mass is 10.00. The smallest absolute Gasteiger partial charge is 0.335 e. The van der Waals surface area contributed by atoms with Gasteiger partial charge in [0.1, 0.15) is 40.2 Å². The molecule has 16 rings (SSSR count). The van der Waals surface area contributed by atoms with Gasteiger partial charge in [-0.3, -0.25) is 34.5 Å². The van der Waals surface area contributed by atoms with Crippen LogP contribution in [0.1, 0.15) is 65.7 Å². The fourth-order valence-corrected chi connectivity index (χ4v) is 12.7. The summed E-state index contributed by atoms with van der Waals surface area (Å²) in [7, 11) is 0. The molecule has 0 bridgehead atoms. The summed E-state index contributed by atoms with van der Waals surface area (Å²) in [5, 5.41) is 25.5. The number of carboxylic acids is 1. The number of fused-ring (bicyclic) bond motifs is 6. The number of nitrogens with zero attached hydrogens (tertiary/aromatic N) is 8. The minimum Gasteiger partial charge on any atom is -0.509 e. The minimum absolute atomic E-state index is 0.0892. The molecule has 1 amide bonds. The number of benzene rings is 10. The molecule has 0 radical (unpaired) electrons. The second kappa shape index (κ2) is 37.7. The fraction of sp³-hybridized carbons (Fsp3) is 0.156. The van der Waals surface area contributed by atoms with Gasteiger partial charge < -0.3 is 35.5 Å². The van der Waals surface area contributed by atoms with E-state index in [1.807, 2.05) is 179 Å². The van der Waals surface area contributed by atoms with Crippen LogP contribution < -0.4 is 25.3 Å². The van der Waals surface area contributed by atoms with E-state index in [0.717, 1.165) is 135 Å². The van der Waals surface area contributed by atoms with Gasteiger partial charge in [-0.1, -0.05) is 151 Å². The highest BCUT2D eigenvalue weighted by Crippen LogP contribution is 2.35. The normalized spacial score (nSPS) is 12.0. The van der Waals surface area contributed by atoms with Crippen LogP contribution in [0, 0.1) is 40.8 Å². The number of ether oxygens (including phenoxy) is 3. The molecule has 17 nitrogen and oxygen atoms in total. The van der Waals surface area contributed by atoms with E-state index in [4.69, 9.17) is 54.9 Å². The second-order valence-corrected chi connectivity index (χ2v) is 26.0. The van der Waals surface area contributed by atoms with Crippen molar-refractivity contribution in [2.45, 2.75) is 53.6 Å². The molecular formula is C90H81ClN10O7. The van der Waals surface area contributed by atoms with Crippen molar-refractivity contribution in [2.24, 2.45) is 5.73 Å². The molecule has 0 saturated carbocycles. The largest absolute Gasteiger partial charge is 0.509 e. The fourth-order valence-electron chi connectivity index (χ4n) is 12.4. The lowest BCUT2D eigenvalue weighted by Gasteiger charge is -2.28. The van der Waals surface area contributed by atoms with E-state index in [0.29, 0.717) is 46.5 Å². The predicted octanol–water partition coefficient (Wildman–Crippen LogP) is 20.2. The Morgan fingerprint density at radius 3 is 1.29 bits per heavy atom. The Morgan fingerprint density at radius 1 is 0.454 bits per heavy atom. The first-order valence-electron chi connectivity index (χ1n) is 35.3. The van der Waals surface area contributed by atoms with E-state index in [1.165, 1.54) is 52.9 Å². The molecule has 10 aromatic carbocycles. The number of nitrogens with one attached hydrogen (secondary N) is 1. The van der Waals surface area contributed by atoms with Crippen molar-refractivity contribution < 1.29 is 34.0 Å². The number of amides is 1. The van der Waals surface area contributed by atoms with E-state index in [-0.39, 0.29) is 17.2 Å². The number of aromatic hydroxyl groups is 1. The number of aryl methyl sites for hydroxylation is 4. The van der Waals surface area contributed by atoms with Crippen molar-refractivity contribution in [2.75, 3.05) is 39.3 Å². The van der Waals surface area contributed by atoms with Gasteiger partial charge in [-0.05, 0) is 172 Å². The molecule has 6 heterocycles. The van der Waals surface area contributed by atoms with Gasteiger partial charge >= 0.3 is 5.97 Å². The highest BCUT2D eigenvalue weighted by Gasteiger charge is 2.18. The first kappa shape index (κ1) is 76.3.